The molecule has 4 nitrogen and oxygen atoms in total. The summed E-state index contributed by atoms with van der Waals surface area (Å²) in [4.78, 5) is 17.1. The Morgan fingerprint density at radius 1 is 1.33 bits per heavy atom. The first kappa shape index (κ1) is 9.45. The number of aromatic nitrogens is 2. The van der Waals surface area contributed by atoms with E-state index in [0.717, 1.165) is 11.4 Å². The Labute approximate surface area is 86.9 Å². The molecule has 2 aromatic rings. The van der Waals surface area contributed by atoms with E-state index in [2.05, 4.69) is 14.7 Å². The van der Waals surface area contributed by atoms with Crippen molar-refractivity contribution in [1.82, 2.24) is 9.97 Å². The van der Waals surface area contributed by atoms with E-state index in [0.29, 0.717) is 18.8 Å². The number of H-pyrrole nitrogens is 1. The average Bonchev–Trinajstić information content (AvgIpc) is 2.68. The summed E-state index contributed by atoms with van der Waals surface area (Å²) in [5.41, 5.74) is 1.16. The van der Waals surface area contributed by atoms with Gasteiger partial charge in [-0.3, -0.25) is 4.79 Å². The van der Waals surface area contributed by atoms with Crippen molar-refractivity contribution in [1.29, 1.82) is 0 Å². The lowest BCUT2D eigenvalue weighted by Gasteiger charge is -1.96. The molecule has 0 amide bonds. The fourth-order valence-electron chi connectivity index (χ4n) is 1.33. The van der Waals surface area contributed by atoms with Crippen molar-refractivity contribution < 1.29 is 9.53 Å². The second kappa shape index (κ2) is 4.41. The number of nitrogens with one attached hydrogen (secondary N) is 1. The fourth-order valence-corrected chi connectivity index (χ4v) is 1.33. The number of benzene rings is 1. The Kier molecular flexibility index (Phi) is 2.78. The molecule has 4 heteroatoms. The molecule has 76 valence electrons. The molecule has 0 radical (unpaired) electrons. The molecule has 2 rings (SSSR count). The van der Waals surface area contributed by atoms with Gasteiger partial charge in [-0.05, 0) is 5.56 Å². The van der Waals surface area contributed by atoms with E-state index >= 15 is 0 Å². The van der Waals surface area contributed by atoms with E-state index in [1.165, 1.54) is 6.20 Å². The average molecular weight is 202 g/mol. The molecule has 0 aliphatic carbocycles. The summed E-state index contributed by atoms with van der Waals surface area (Å²) in [5, 5.41) is 0. The number of aromatic amines is 1. The molecule has 1 aromatic heterocycles. The predicted octanol–water partition coefficient (Wildman–Crippen LogP) is 1.54. The third kappa shape index (κ3) is 2.43. The van der Waals surface area contributed by atoms with Crippen molar-refractivity contribution in [2.75, 3.05) is 0 Å². The van der Waals surface area contributed by atoms with Gasteiger partial charge in [0.05, 0.1) is 6.20 Å². The molecular formula is C11H10N2O2. The van der Waals surface area contributed by atoms with Crippen LogP contribution >= 0.6 is 0 Å². The lowest BCUT2D eigenvalue weighted by molar-refractivity contribution is -0.120. The van der Waals surface area contributed by atoms with E-state index < -0.39 is 0 Å². The molecule has 0 saturated carbocycles. The van der Waals surface area contributed by atoms with Crippen molar-refractivity contribution in [3.63, 3.8) is 0 Å². The van der Waals surface area contributed by atoms with Gasteiger partial charge in [-0.2, -0.15) is 0 Å². The number of rotatable bonds is 4. The predicted molar refractivity (Wildman–Crippen MR) is 54.5 cm³/mol. The van der Waals surface area contributed by atoms with Crippen LogP contribution in [-0.4, -0.2) is 16.4 Å². The van der Waals surface area contributed by atoms with Gasteiger partial charge < -0.3 is 9.72 Å². The third-order valence-electron chi connectivity index (χ3n) is 1.99. The smallest absolute Gasteiger partial charge is 0.299 e. The monoisotopic (exact) mass is 202 g/mol. The van der Waals surface area contributed by atoms with Gasteiger partial charge in [-0.25, -0.2) is 4.98 Å². The van der Waals surface area contributed by atoms with Crippen LogP contribution in [0.2, 0.25) is 0 Å². The van der Waals surface area contributed by atoms with Crippen LogP contribution in [0.25, 0.3) is 0 Å². The van der Waals surface area contributed by atoms with Crippen LogP contribution in [0, 0.1) is 0 Å². The number of nitrogens with zero attached hydrogens (tertiary/aromatic N) is 1. The van der Waals surface area contributed by atoms with Gasteiger partial charge in [-0.1, -0.05) is 30.3 Å². The molecule has 0 spiro atoms. The van der Waals surface area contributed by atoms with Gasteiger partial charge in [0, 0.05) is 6.42 Å². The van der Waals surface area contributed by atoms with E-state index in [9.17, 15) is 4.79 Å². The highest BCUT2D eigenvalue weighted by molar-refractivity contribution is 5.42. The minimum atomic E-state index is 0.371. The first-order valence-corrected chi connectivity index (χ1v) is 4.56. The van der Waals surface area contributed by atoms with Gasteiger partial charge >= 0.3 is 0 Å². The van der Waals surface area contributed by atoms with Crippen LogP contribution in [0.1, 0.15) is 11.4 Å². The van der Waals surface area contributed by atoms with E-state index in [1.807, 2.05) is 30.3 Å². The Morgan fingerprint density at radius 2 is 2.13 bits per heavy atom. The summed E-state index contributed by atoms with van der Waals surface area (Å²) in [7, 11) is 0. The van der Waals surface area contributed by atoms with Crippen LogP contribution in [-0.2, 0) is 11.2 Å². The first-order chi connectivity index (χ1) is 7.38. The second-order valence-electron chi connectivity index (χ2n) is 3.07. The zero-order chi connectivity index (χ0) is 10.5. The van der Waals surface area contributed by atoms with Crippen molar-refractivity contribution in [2.45, 2.75) is 6.42 Å². The highest BCUT2D eigenvalue weighted by Gasteiger charge is 2.01. The van der Waals surface area contributed by atoms with Gasteiger partial charge in [0.1, 0.15) is 5.82 Å². The van der Waals surface area contributed by atoms with Crippen molar-refractivity contribution in [3.05, 3.63) is 47.9 Å². The van der Waals surface area contributed by atoms with Crippen molar-refractivity contribution in [3.8, 4) is 5.88 Å². The number of carbonyl (C=O) groups is 1. The maximum absolute atomic E-state index is 10.1. The summed E-state index contributed by atoms with van der Waals surface area (Å²) in [6, 6.07) is 9.94. The molecule has 0 saturated heterocycles. The van der Waals surface area contributed by atoms with Gasteiger partial charge in [0.2, 0.25) is 5.88 Å². The third-order valence-corrected chi connectivity index (χ3v) is 1.99. The zero-order valence-corrected chi connectivity index (χ0v) is 8.01. The van der Waals surface area contributed by atoms with E-state index in [1.54, 1.807) is 0 Å². The number of hydrogen-bond acceptors (Lipinski definition) is 3. The lowest BCUT2D eigenvalue weighted by atomic mass is 10.1. The molecule has 1 aromatic carbocycles. The number of carbonyl (C=O) groups excluding carboxylic acids is 1. The molecule has 0 fully saturated rings. The van der Waals surface area contributed by atoms with Gasteiger partial charge in [0.15, 0.2) is 0 Å². The Hall–Kier alpha value is -2.10. The molecule has 15 heavy (non-hydrogen) atoms. The first-order valence-electron chi connectivity index (χ1n) is 4.56. The number of imidazole rings is 1. The topological polar surface area (TPSA) is 55.0 Å². The van der Waals surface area contributed by atoms with Crippen molar-refractivity contribution in [2.24, 2.45) is 0 Å². The second-order valence-corrected chi connectivity index (χ2v) is 3.07. The highest BCUT2D eigenvalue weighted by atomic mass is 16.5. The van der Waals surface area contributed by atoms with Crippen molar-refractivity contribution >= 4 is 6.47 Å². The van der Waals surface area contributed by atoms with Crippen LogP contribution in [0.5, 0.6) is 5.88 Å². The Balaban J connectivity index is 2.08. The fraction of sp³-hybridized carbons (Fsp3) is 0.0909. The Morgan fingerprint density at radius 3 is 2.87 bits per heavy atom. The molecular weight excluding hydrogens is 192 g/mol. The molecule has 0 bridgehead atoms. The van der Waals surface area contributed by atoms with Crippen LogP contribution in [0.4, 0.5) is 0 Å². The minimum absolute atomic E-state index is 0.371. The molecule has 1 heterocycles. The van der Waals surface area contributed by atoms with E-state index in [-0.39, 0.29) is 0 Å². The summed E-state index contributed by atoms with van der Waals surface area (Å²) in [5.74, 6) is 1.15. The normalized spacial score (nSPS) is 9.87. The highest BCUT2D eigenvalue weighted by Crippen LogP contribution is 2.09. The quantitative estimate of drug-likeness (QED) is 0.765. The summed E-state index contributed by atoms with van der Waals surface area (Å²) in [6.45, 7) is 0.375. The summed E-state index contributed by atoms with van der Waals surface area (Å²) in [6.07, 6.45) is 2.19. The molecule has 0 unspecified atom stereocenters. The van der Waals surface area contributed by atoms with Gasteiger partial charge in [0.25, 0.3) is 6.47 Å². The molecule has 0 atom stereocenters. The lowest BCUT2D eigenvalue weighted by Crippen LogP contribution is -1.91. The minimum Gasteiger partial charge on any atom is -0.410 e. The van der Waals surface area contributed by atoms with Gasteiger partial charge in [-0.15, -0.1) is 0 Å². The summed E-state index contributed by atoms with van der Waals surface area (Å²) < 4.78 is 4.63. The maximum atomic E-state index is 10.1. The van der Waals surface area contributed by atoms with Crippen LogP contribution in [0.3, 0.4) is 0 Å². The number of ether oxygens (including phenoxy) is 1. The standard InChI is InChI=1S/C11H10N2O2/c14-8-15-11-7-12-10(13-11)6-9-4-2-1-3-5-9/h1-5,7-8H,6H2,(H,12,13). The Bertz CT molecular complexity index is 437. The number of hydrogen-bond donors (Lipinski definition) is 1. The largest absolute Gasteiger partial charge is 0.410 e. The SMILES string of the molecule is O=COc1cnc(Cc2ccccc2)[nH]1. The molecule has 0 aliphatic heterocycles. The molecule has 1 N–H and O–H groups in total. The van der Waals surface area contributed by atoms with Crippen LogP contribution in [0.15, 0.2) is 36.5 Å². The summed E-state index contributed by atoms with van der Waals surface area (Å²) >= 11 is 0. The maximum Gasteiger partial charge on any atom is 0.299 e. The van der Waals surface area contributed by atoms with E-state index in [4.69, 9.17) is 0 Å². The molecule has 0 aliphatic rings. The van der Waals surface area contributed by atoms with Crippen LogP contribution < -0.4 is 4.74 Å². The zero-order valence-electron chi connectivity index (χ0n) is 8.01.